The lowest BCUT2D eigenvalue weighted by Gasteiger charge is -2.07. The van der Waals surface area contributed by atoms with Crippen LogP contribution in [-0.2, 0) is 4.79 Å². The van der Waals surface area contributed by atoms with Crippen LogP contribution in [0.4, 0.5) is 4.79 Å². The number of hydrogen-bond donors (Lipinski definition) is 3. The molecule has 2 aromatic rings. The van der Waals surface area contributed by atoms with Gasteiger partial charge in [-0.05, 0) is 12.1 Å². The van der Waals surface area contributed by atoms with Crippen LogP contribution in [0.5, 0.6) is 5.75 Å². The van der Waals surface area contributed by atoms with E-state index in [4.69, 9.17) is 10.6 Å². The molecule has 23 heavy (non-hydrogen) atoms. The number of nitrogens with two attached hydrogens (primary N) is 1. The SMILES string of the molecule is CNC(=O)NC(=O)CSc1nnc(-c2ccccc2OC)n1N. The summed E-state index contributed by atoms with van der Waals surface area (Å²) >= 11 is 1.07. The number of thioether (sulfide) groups is 1. The first kappa shape index (κ1) is 16.6. The van der Waals surface area contributed by atoms with E-state index >= 15 is 0 Å². The summed E-state index contributed by atoms with van der Waals surface area (Å²) in [7, 11) is 2.97. The lowest BCUT2D eigenvalue weighted by molar-refractivity contribution is -0.117. The second-order valence-corrected chi connectivity index (χ2v) is 5.23. The van der Waals surface area contributed by atoms with E-state index in [1.165, 1.54) is 11.7 Å². The van der Waals surface area contributed by atoms with Crippen molar-refractivity contribution in [3.05, 3.63) is 24.3 Å². The molecule has 122 valence electrons. The Morgan fingerprint density at radius 2 is 2.09 bits per heavy atom. The van der Waals surface area contributed by atoms with Crippen molar-refractivity contribution >= 4 is 23.7 Å². The molecular weight excluding hydrogens is 320 g/mol. The Labute approximate surface area is 136 Å². The number of benzene rings is 1. The maximum absolute atomic E-state index is 11.6. The first-order valence-corrected chi connectivity index (χ1v) is 7.53. The minimum absolute atomic E-state index is 0.0192. The maximum Gasteiger partial charge on any atom is 0.321 e. The lowest BCUT2D eigenvalue weighted by Crippen LogP contribution is -2.38. The van der Waals surface area contributed by atoms with E-state index in [1.54, 1.807) is 19.2 Å². The topological polar surface area (TPSA) is 124 Å². The standard InChI is InChI=1S/C13H16N6O3S/c1-15-12(21)16-10(20)7-23-13-18-17-11(19(13)14)8-5-3-4-6-9(8)22-2/h3-6H,7,14H2,1-2H3,(H2,15,16,20,21). The number of rotatable bonds is 5. The molecule has 0 fully saturated rings. The Hall–Kier alpha value is -2.75. The molecule has 0 atom stereocenters. The van der Waals surface area contributed by atoms with Crippen molar-refractivity contribution in [2.45, 2.75) is 5.16 Å². The van der Waals surface area contributed by atoms with Gasteiger partial charge in [0.1, 0.15) is 5.75 Å². The summed E-state index contributed by atoms with van der Waals surface area (Å²) in [5.41, 5.74) is 0.687. The van der Waals surface area contributed by atoms with Crippen LogP contribution in [0.25, 0.3) is 11.4 Å². The molecule has 0 aliphatic rings. The number of carbonyl (C=O) groups excluding carboxylic acids is 2. The number of nitrogens with zero attached hydrogens (tertiary/aromatic N) is 3. The number of nitrogen functional groups attached to an aromatic ring is 1. The second-order valence-electron chi connectivity index (χ2n) is 4.29. The van der Waals surface area contributed by atoms with E-state index in [0.29, 0.717) is 22.3 Å². The minimum atomic E-state index is -0.570. The van der Waals surface area contributed by atoms with Gasteiger partial charge in [-0.1, -0.05) is 23.9 Å². The molecule has 1 heterocycles. The van der Waals surface area contributed by atoms with Gasteiger partial charge in [-0.2, -0.15) is 0 Å². The van der Waals surface area contributed by atoms with E-state index in [2.05, 4.69) is 20.8 Å². The third-order valence-electron chi connectivity index (χ3n) is 2.82. The Kier molecular flexibility index (Phi) is 5.41. The molecule has 0 radical (unpaired) electrons. The summed E-state index contributed by atoms with van der Waals surface area (Å²) in [4.78, 5) is 22.6. The number of para-hydroxylation sites is 1. The number of carbonyl (C=O) groups is 2. The molecule has 2 rings (SSSR count). The van der Waals surface area contributed by atoms with Gasteiger partial charge < -0.3 is 15.9 Å². The number of amides is 3. The average molecular weight is 336 g/mol. The van der Waals surface area contributed by atoms with Gasteiger partial charge in [-0.15, -0.1) is 10.2 Å². The number of aromatic nitrogens is 3. The van der Waals surface area contributed by atoms with Crippen LogP contribution >= 0.6 is 11.8 Å². The third kappa shape index (κ3) is 3.92. The van der Waals surface area contributed by atoms with Crippen LogP contribution in [0.15, 0.2) is 29.4 Å². The predicted molar refractivity (Wildman–Crippen MR) is 85.5 cm³/mol. The second kappa shape index (κ2) is 7.49. The first-order chi connectivity index (χ1) is 11.1. The monoisotopic (exact) mass is 336 g/mol. The van der Waals surface area contributed by atoms with Crippen molar-refractivity contribution in [3.63, 3.8) is 0 Å². The van der Waals surface area contributed by atoms with Gasteiger partial charge in [0, 0.05) is 7.05 Å². The zero-order valence-electron chi connectivity index (χ0n) is 12.6. The Morgan fingerprint density at radius 3 is 2.78 bits per heavy atom. The zero-order chi connectivity index (χ0) is 16.8. The van der Waals surface area contributed by atoms with Gasteiger partial charge in [0.15, 0.2) is 5.82 Å². The molecule has 0 unspecified atom stereocenters. The number of methoxy groups -OCH3 is 1. The molecule has 0 bridgehead atoms. The third-order valence-corrected chi connectivity index (χ3v) is 3.77. The number of nitrogens with one attached hydrogen (secondary N) is 2. The van der Waals surface area contributed by atoms with Gasteiger partial charge in [-0.25, -0.2) is 9.47 Å². The lowest BCUT2D eigenvalue weighted by atomic mass is 10.2. The molecule has 9 nitrogen and oxygen atoms in total. The number of urea groups is 1. The zero-order valence-corrected chi connectivity index (χ0v) is 13.4. The quantitative estimate of drug-likeness (QED) is 0.527. The summed E-state index contributed by atoms with van der Waals surface area (Å²) in [6, 6.07) is 6.68. The van der Waals surface area contributed by atoms with Gasteiger partial charge in [0.2, 0.25) is 11.1 Å². The summed E-state index contributed by atoms with van der Waals surface area (Å²) in [6.45, 7) is 0. The fourth-order valence-corrected chi connectivity index (χ4v) is 2.40. The van der Waals surface area contributed by atoms with Gasteiger partial charge in [-0.3, -0.25) is 10.1 Å². The Morgan fingerprint density at radius 1 is 1.35 bits per heavy atom. The highest BCUT2D eigenvalue weighted by Gasteiger charge is 2.17. The van der Waals surface area contributed by atoms with Crippen LogP contribution in [0.1, 0.15) is 0 Å². The Bertz CT molecular complexity index is 717. The van der Waals surface area contributed by atoms with E-state index in [-0.39, 0.29) is 5.75 Å². The molecule has 0 aliphatic carbocycles. The minimum Gasteiger partial charge on any atom is -0.496 e. The number of hydrogen-bond acceptors (Lipinski definition) is 7. The van der Waals surface area contributed by atoms with Crippen LogP contribution in [0, 0.1) is 0 Å². The fourth-order valence-electron chi connectivity index (χ4n) is 1.74. The fraction of sp³-hybridized carbons (Fsp3) is 0.231. The highest BCUT2D eigenvalue weighted by Crippen LogP contribution is 2.29. The van der Waals surface area contributed by atoms with Crippen molar-refractivity contribution in [3.8, 4) is 17.1 Å². The molecule has 0 spiro atoms. The van der Waals surface area contributed by atoms with Gasteiger partial charge in [0.25, 0.3) is 0 Å². The van der Waals surface area contributed by atoms with Crippen molar-refractivity contribution in [1.82, 2.24) is 25.5 Å². The highest BCUT2D eigenvalue weighted by molar-refractivity contribution is 7.99. The van der Waals surface area contributed by atoms with Crippen LogP contribution in [0.3, 0.4) is 0 Å². The average Bonchev–Trinajstić information content (AvgIpc) is 2.93. The molecular formula is C13H16N6O3S. The van der Waals surface area contributed by atoms with Gasteiger partial charge in [0.05, 0.1) is 18.4 Å². The molecule has 0 saturated heterocycles. The highest BCUT2D eigenvalue weighted by atomic mass is 32.2. The van der Waals surface area contributed by atoms with E-state index in [1.807, 2.05) is 12.1 Å². The molecule has 4 N–H and O–H groups in total. The van der Waals surface area contributed by atoms with E-state index in [9.17, 15) is 9.59 Å². The first-order valence-electron chi connectivity index (χ1n) is 6.55. The van der Waals surface area contributed by atoms with Gasteiger partial charge >= 0.3 is 6.03 Å². The molecule has 3 amide bonds. The predicted octanol–water partition coefficient (Wildman–Crippen LogP) is 0.215. The Balaban J connectivity index is 2.11. The number of imide groups is 1. The molecule has 10 heteroatoms. The van der Waals surface area contributed by atoms with E-state index in [0.717, 1.165) is 11.8 Å². The normalized spacial score (nSPS) is 10.2. The smallest absolute Gasteiger partial charge is 0.321 e. The van der Waals surface area contributed by atoms with Crippen molar-refractivity contribution in [1.29, 1.82) is 0 Å². The van der Waals surface area contributed by atoms with Crippen molar-refractivity contribution < 1.29 is 14.3 Å². The maximum atomic E-state index is 11.6. The molecule has 0 saturated carbocycles. The molecule has 1 aromatic heterocycles. The number of ether oxygens (including phenoxy) is 1. The molecule has 1 aromatic carbocycles. The largest absolute Gasteiger partial charge is 0.496 e. The summed E-state index contributed by atoms with van der Waals surface area (Å²) in [5, 5.41) is 12.8. The van der Waals surface area contributed by atoms with Crippen LogP contribution in [-0.4, -0.2) is 46.7 Å². The van der Waals surface area contributed by atoms with Crippen molar-refractivity contribution in [2.75, 3.05) is 25.8 Å². The summed E-state index contributed by atoms with van der Waals surface area (Å²) in [5.74, 6) is 6.52. The summed E-state index contributed by atoms with van der Waals surface area (Å²) in [6.07, 6.45) is 0. The van der Waals surface area contributed by atoms with Crippen LogP contribution < -0.4 is 21.2 Å². The van der Waals surface area contributed by atoms with E-state index < -0.39 is 11.9 Å². The van der Waals surface area contributed by atoms with Crippen molar-refractivity contribution in [2.24, 2.45) is 0 Å². The summed E-state index contributed by atoms with van der Waals surface area (Å²) < 4.78 is 6.54. The molecule has 0 aliphatic heterocycles. The van der Waals surface area contributed by atoms with Crippen LogP contribution in [0.2, 0.25) is 0 Å².